The van der Waals surface area contributed by atoms with Gasteiger partial charge in [0.1, 0.15) is 30.5 Å². The molecule has 0 aromatic carbocycles. The molecule has 1 saturated carbocycles. The quantitative estimate of drug-likeness (QED) is 0.162. The zero-order chi connectivity index (χ0) is 34.4. The van der Waals surface area contributed by atoms with Crippen LogP contribution in [0, 0.1) is 17.3 Å². The summed E-state index contributed by atoms with van der Waals surface area (Å²) in [5, 5.41) is 0. The first-order valence-corrected chi connectivity index (χ1v) is 15.9. The molecule has 0 bridgehead atoms. The van der Waals surface area contributed by atoms with Crippen molar-refractivity contribution in [2.75, 3.05) is 0 Å². The van der Waals surface area contributed by atoms with Crippen LogP contribution in [0.2, 0.25) is 0 Å². The summed E-state index contributed by atoms with van der Waals surface area (Å²) in [5.41, 5.74) is -3.89. The van der Waals surface area contributed by atoms with Crippen LogP contribution in [0.1, 0.15) is 94.4 Å². The lowest BCUT2D eigenvalue weighted by Gasteiger charge is -2.57. The van der Waals surface area contributed by atoms with Gasteiger partial charge in [-0.15, -0.1) is 0 Å². The van der Waals surface area contributed by atoms with Gasteiger partial charge in [-0.3, -0.25) is 24.0 Å². The maximum Gasteiger partial charge on any atom is 0.342 e. The minimum absolute atomic E-state index is 0.00151. The number of epoxide rings is 1. The number of hydrogen-bond acceptors (Lipinski definition) is 13. The molecule has 0 aromatic rings. The van der Waals surface area contributed by atoms with Gasteiger partial charge in [-0.05, 0) is 26.3 Å². The topological polar surface area (TPSA) is 170 Å². The van der Waals surface area contributed by atoms with Crippen LogP contribution in [0.4, 0.5) is 0 Å². The van der Waals surface area contributed by atoms with Crippen LogP contribution in [0.5, 0.6) is 0 Å². The number of carbonyl (C=O) groups excluding carboxylic acids is 6. The molecule has 46 heavy (non-hydrogen) atoms. The third-order valence-electron chi connectivity index (χ3n) is 10.00. The first-order valence-electron chi connectivity index (χ1n) is 15.9. The molecule has 2 heterocycles. The summed E-state index contributed by atoms with van der Waals surface area (Å²) in [6, 6.07) is 0. The summed E-state index contributed by atoms with van der Waals surface area (Å²) in [6.07, 6.45) is -4.23. The smallest absolute Gasteiger partial charge is 0.342 e. The van der Waals surface area contributed by atoms with Crippen LogP contribution in [-0.4, -0.2) is 83.6 Å². The van der Waals surface area contributed by atoms with Crippen molar-refractivity contribution in [2.45, 2.75) is 142 Å². The minimum atomic E-state index is -1.53. The minimum Gasteiger partial charge on any atom is -0.462 e. The van der Waals surface area contributed by atoms with Crippen molar-refractivity contribution in [3.63, 3.8) is 0 Å². The van der Waals surface area contributed by atoms with Crippen LogP contribution in [0.3, 0.4) is 0 Å². The second-order valence-electron chi connectivity index (χ2n) is 13.3. The van der Waals surface area contributed by atoms with Crippen molar-refractivity contribution in [2.24, 2.45) is 17.3 Å². The van der Waals surface area contributed by atoms with E-state index in [1.165, 1.54) is 20.8 Å². The van der Waals surface area contributed by atoms with E-state index < -0.39 is 101 Å². The normalized spacial score (nSPS) is 40.7. The number of fused-ring (bicyclic) bond motifs is 1. The summed E-state index contributed by atoms with van der Waals surface area (Å²) in [5.74, 6) is -5.39. The Bertz CT molecular complexity index is 1310. The summed E-state index contributed by atoms with van der Waals surface area (Å²) in [4.78, 5) is 77.5. The number of ether oxygens (including phenoxy) is 7. The number of rotatable bonds is 8. The third kappa shape index (κ3) is 6.02. The molecule has 0 N–H and O–H groups in total. The fourth-order valence-electron chi connectivity index (χ4n) is 7.93. The zero-order valence-corrected chi connectivity index (χ0v) is 28.0. The van der Waals surface area contributed by atoms with Crippen LogP contribution in [0.15, 0.2) is 11.6 Å². The van der Waals surface area contributed by atoms with Crippen molar-refractivity contribution < 1.29 is 61.9 Å². The molecule has 0 unspecified atom stereocenters. The molecule has 0 aromatic heterocycles. The Labute approximate surface area is 268 Å². The molecular formula is C33H46O13. The Morgan fingerprint density at radius 3 is 2.00 bits per heavy atom. The largest absolute Gasteiger partial charge is 0.462 e. The Morgan fingerprint density at radius 2 is 1.46 bits per heavy atom. The standard InChI is InChI=1S/C33H46O13/c1-10-12-26(38)44-22-13-16(3)14-24-33(32(9,46-33)30(39)45-24)29(42-20(7)36)27-17(4)21(43-25(37)11-2)15-23(40-18(5)34)31(27,8)28(22)41-19(6)35/h14,17,21-24,27-29H,10-13,15H2,1-9H3/b16-14-/t17-,21-,22-,23-,24-,27+,28+,29+,31-,32+,33-/m0/s1. The fraction of sp³-hybridized carbons (Fsp3) is 0.758. The molecule has 2 aliphatic heterocycles. The highest BCUT2D eigenvalue weighted by Gasteiger charge is 2.87. The van der Waals surface area contributed by atoms with Gasteiger partial charge in [0.2, 0.25) is 0 Å². The van der Waals surface area contributed by atoms with E-state index in [-0.39, 0.29) is 25.7 Å². The highest BCUT2D eigenvalue weighted by atomic mass is 16.7. The summed E-state index contributed by atoms with van der Waals surface area (Å²) in [6.45, 7) is 13.9. The molecule has 256 valence electrons. The molecular weight excluding hydrogens is 604 g/mol. The molecule has 3 fully saturated rings. The SMILES string of the molecule is CCCC(=O)O[C@H]1C/C(C)=C\[C@@H]2OC(=O)[C@@]3(C)O[C@]23[C@H](OC(C)=O)[C@H]2[C@@H](C)[C@@H](OC(=O)CC)C[C@H](OC(C)=O)[C@]2(C)[C@@H]1OC(C)=O. The van der Waals surface area contributed by atoms with E-state index in [0.29, 0.717) is 12.0 Å². The van der Waals surface area contributed by atoms with Gasteiger partial charge in [-0.1, -0.05) is 33.3 Å². The third-order valence-corrected chi connectivity index (χ3v) is 10.00. The van der Waals surface area contributed by atoms with Gasteiger partial charge >= 0.3 is 35.8 Å². The van der Waals surface area contributed by atoms with Crippen molar-refractivity contribution in [1.82, 2.24) is 0 Å². The first kappa shape index (κ1) is 35.4. The van der Waals surface area contributed by atoms with Gasteiger partial charge < -0.3 is 33.2 Å². The Hall–Kier alpha value is -3.48. The number of carbonyl (C=O) groups is 6. The molecule has 4 aliphatic rings. The average molecular weight is 651 g/mol. The number of hydrogen-bond donors (Lipinski definition) is 0. The van der Waals surface area contributed by atoms with Crippen molar-refractivity contribution in [1.29, 1.82) is 0 Å². The Morgan fingerprint density at radius 1 is 0.870 bits per heavy atom. The van der Waals surface area contributed by atoms with E-state index in [9.17, 15) is 28.8 Å². The van der Waals surface area contributed by atoms with Gasteiger partial charge in [0.05, 0.1) is 5.41 Å². The predicted molar refractivity (Wildman–Crippen MR) is 157 cm³/mol. The summed E-state index contributed by atoms with van der Waals surface area (Å²) < 4.78 is 42.2. The van der Waals surface area contributed by atoms with E-state index in [4.69, 9.17) is 33.2 Å². The second-order valence-corrected chi connectivity index (χ2v) is 13.3. The number of esters is 6. The summed E-state index contributed by atoms with van der Waals surface area (Å²) in [7, 11) is 0. The van der Waals surface area contributed by atoms with Crippen LogP contribution < -0.4 is 0 Å². The van der Waals surface area contributed by atoms with Crippen molar-refractivity contribution >= 4 is 35.8 Å². The van der Waals surface area contributed by atoms with Gasteiger partial charge in [0, 0.05) is 58.3 Å². The zero-order valence-electron chi connectivity index (χ0n) is 28.0. The Balaban J connectivity index is 2.07. The molecule has 2 aliphatic carbocycles. The molecule has 4 rings (SSSR count). The molecule has 13 heteroatoms. The predicted octanol–water partition coefficient (Wildman–Crippen LogP) is 3.28. The molecule has 0 radical (unpaired) electrons. The Kier molecular flexibility index (Phi) is 9.97. The van der Waals surface area contributed by atoms with Gasteiger partial charge in [0.25, 0.3) is 0 Å². The molecule has 0 amide bonds. The monoisotopic (exact) mass is 650 g/mol. The van der Waals surface area contributed by atoms with Gasteiger partial charge in [-0.25, -0.2) is 4.79 Å². The average Bonchev–Trinajstić information content (AvgIpc) is 3.53. The molecule has 1 spiro atoms. The van der Waals surface area contributed by atoms with E-state index in [1.807, 2.05) is 6.92 Å². The highest BCUT2D eigenvalue weighted by molar-refractivity contribution is 5.89. The lowest BCUT2D eigenvalue weighted by atomic mass is 9.52. The van der Waals surface area contributed by atoms with E-state index in [0.717, 1.165) is 0 Å². The van der Waals surface area contributed by atoms with Crippen molar-refractivity contribution in [3.05, 3.63) is 11.6 Å². The second kappa shape index (κ2) is 13.0. The highest BCUT2D eigenvalue weighted by Crippen LogP contribution is 2.66. The van der Waals surface area contributed by atoms with E-state index >= 15 is 0 Å². The van der Waals surface area contributed by atoms with E-state index in [1.54, 1.807) is 40.7 Å². The molecule has 2 saturated heterocycles. The maximum absolute atomic E-state index is 13.3. The summed E-state index contributed by atoms with van der Waals surface area (Å²) >= 11 is 0. The van der Waals surface area contributed by atoms with Crippen LogP contribution in [0.25, 0.3) is 0 Å². The molecule has 13 nitrogen and oxygen atoms in total. The fourth-order valence-corrected chi connectivity index (χ4v) is 7.93. The molecule has 11 atom stereocenters. The first-order chi connectivity index (χ1) is 21.5. The van der Waals surface area contributed by atoms with Crippen molar-refractivity contribution in [3.8, 4) is 0 Å². The van der Waals surface area contributed by atoms with Crippen LogP contribution in [-0.2, 0) is 61.9 Å². The lowest BCUT2D eigenvalue weighted by molar-refractivity contribution is -0.248. The lowest BCUT2D eigenvalue weighted by Crippen LogP contribution is -2.68. The maximum atomic E-state index is 13.3. The van der Waals surface area contributed by atoms with Gasteiger partial charge in [-0.2, -0.15) is 0 Å². The van der Waals surface area contributed by atoms with E-state index in [2.05, 4.69) is 0 Å². The van der Waals surface area contributed by atoms with Gasteiger partial charge in [0.15, 0.2) is 17.3 Å². The van der Waals surface area contributed by atoms with Crippen LogP contribution >= 0.6 is 0 Å².